The summed E-state index contributed by atoms with van der Waals surface area (Å²) in [4.78, 5) is 16.0. The zero-order valence-corrected chi connectivity index (χ0v) is 12.2. The molecule has 0 radical (unpaired) electrons. The van der Waals surface area contributed by atoms with E-state index in [1.54, 1.807) is 10.5 Å². The largest absolute Gasteiger partial charge is 0.480 e. The zero-order valence-electron chi connectivity index (χ0n) is 11.4. The van der Waals surface area contributed by atoms with Crippen molar-refractivity contribution in [2.24, 2.45) is 0 Å². The van der Waals surface area contributed by atoms with E-state index in [-0.39, 0.29) is 12.4 Å². The number of Topliss-reactive ketones (excluding diaryl/α,β-unsaturated/α-hetero) is 1. The highest BCUT2D eigenvalue weighted by molar-refractivity contribution is 7.82. The Hall–Kier alpha value is -1.31. The lowest BCUT2D eigenvalue weighted by atomic mass is 9.93. The van der Waals surface area contributed by atoms with E-state index in [1.165, 1.54) is 7.11 Å². The summed E-state index contributed by atoms with van der Waals surface area (Å²) in [5.41, 5.74) is 0.508. The Bertz CT molecular complexity index is 584. The summed E-state index contributed by atoms with van der Waals surface area (Å²) in [5.74, 6) is 0.489. The van der Waals surface area contributed by atoms with Crippen LogP contribution in [0.15, 0.2) is 17.2 Å². The molecule has 2 fully saturated rings. The molecule has 0 saturated carbocycles. The Morgan fingerprint density at radius 3 is 2.85 bits per heavy atom. The lowest BCUT2D eigenvalue weighted by Crippen LogP contribution is -2.61. The molecule has 2 aliphatic heterocycles. The molecule has 3 rings (SSSR count). The summed E-state index contributed by atoms with van der Waals surface area (Å²) >= 11 is 0. The molecule has 1 aromatic rings. The van der Waals surface area contributed by atoms with E-state index < -0.39 is 16.6 Å². The third kappa shape index (κ3) is 2.25. The van der Waals surface area contributed by atoms with Crippen LogP contribution in [0.2, 0.25) is 0 Å². The highest BCUT2D eigenvalue weighted by Gasteiger charge is 2.51. The van der Waals surface area contributed by atoms with Crippen molar-refractivity contribution in [1.82, 2.24) is 9.29 Å². The number of ketones is 1. The summed E-state index contributed by atoms with van der Waals surface area (Å²) in [7, 11) is 0.167. The van der Waals surface area contributed by atoms with Crippen molar-refractivity contribution in [2.45, 2.75) is 23.8 Å². The van der Waals surface area contributed by atoms with Crippen molar-refractivity contribution in [1.29, 1.82) is 0 Å². The van der Waals surface area contributed by atoms with Crippen molar-refractivity contribution in [3.8, 4) is 5.88 Å². The summed E-state index contributed by atoms with van der Waals surface area (Å²) in [5, 5.41) is 0. The average molecular weight is 296 g/mol. The molecule has 1 spiro atoms. The zero-order chi connectivity index (χ0) is 14.3. The molecule has 0 aliphatic carbocycles. The molecule has 20 heavy (non-hydrogen) atoms. The van der Waals surface area contributed by atoms with E-state index in [9.17, 15) is 9.00 Å². The SMILES string of the molecule is COc1ncc(C)cc1S(=O)N1CC2(CC(=O)CO2)C1. The van der Waals surface area contributed by atoms with Crippen molar-refractivity contribution < 1.29 is 18.5 Å². The number of aromatic nitrogens is 1. The van der Waals surface area contributed by atoms with E-state index in [0.29, 0.717) is 30.3 Å². The fourth-order valence-electron chi connectivity index (χ4n) is 2.56. The molecule has 0 amide bonds. The first-order chi connectivity index (χ1) is 9.53. The van der Waals surface area contributed by atoms with E-state index >= 15 is 0 Å². The molecule has 108 valence electrons. The molecule has 1 aromatic heterocycles. The number of carbonyl (C=O) groups is 1. The van der Waals surface area contributed by atoms with Gasteiger partial charge in [-0.25, -0.2) is 13.5 Å². The highest BCUT2D eigenvalue weighted by atomic mass is 32.2. The summed E-state index contributed by atoms with van der Waals surface area (Å²) in [6, 6.07) is 1.81. The minimum atomic E-state index is -1.34. The Morgan fingerprint density at radius 2 is 2.25 bits per heavy atom. The van der Waals surface area contributed by atoms with Gasteiger partial charge >= 0.3 is 0 Å². The molecule has 0 bridgehead atoms. The first-order valence-electron chi connectivity index (χ1n) is 6.36. The van der Waals surface area contributed by atoms with Crippen molar-refractivity contribution >= 4 is 16.8 Å². The normalized spacial score (nSPS) is 22.8. The molecular weight excluding hydrogens is 280 g/mol. The molecule has 1 atom stereocenters. The predicted molar refractivity (Wildman–Crippen MR) is 71.8 cm³/mol. The molecule has 2 aliphatic rings. The van der Waals surface area contributed by atoms with Crippen LogP contribution in [0.4, 0.5) is 0 Å². The first-order valence-corrected chi connectivity index (χ1v) is 7.47. The van der Waals surface area contributed by atoms with Gasteiger partial charge in [0.15, 0.2) is 5.78 Å². The van der Waals surface area contributed by atoms with E-state index in [1.807, 2.05) is 13.0 Å². The number of hydrogen-bond donors (Lipinski definition) is 0. The van der Waals surface area contributed by atoms with Gasteiger partial charge in [-0.15, -0.1) is 0 Å². The minimum Gasteiger partial charge on any atom is -0.480 e. The average Bonchev–Trinajstić information content (AvgIpc) is 2.78. The van der Waals surface area contributed by atoms with Crippen molar-refractivity contribution in [2.75, 3.05) is 26.8 Å². The van der Waals surface area contributed by atoms with Crippen LogP contribution >= 0.6 is 0 Å². The second-order valence-corrected chi connectivity index (χ2v) is 6.71. The molecule has 3 heterocycles. The Balaban J connectivity index is 1.75. The number of aryl methyl sites for hydroxylation is 1. The topological polar surface area (TPSA) is 68.7 Å². The molecule has 0 N–H and O–H groups in total. The van der Waals surface area contributed by atoms with Crippen LogP contribution in [0, 0.1) is 6.92 Å². The van der Waals surface area contributed by atoms with Crippen LogP contribution in [0.25, 0.3) is 0 Å². The second-order valence-electron chi connectivity index (χ2n) is 5.25. The fraction of sp³-hybridized carbons (Fsp3) is 0.538. The first kappa shape index (κ1) is 13.7. The van der Waals surface area contributed by atoms with Crippen LogP contribution in [0.1, 0.15) is 12.0 Å². The standard InChI is InChI=1S/C13H16N2O4S/c1-9-3-11(12(18-2)14-5-9)20(17)15-7-13(8-15)4-10(16)6-19-13/h3,5H,4,6-8H2,1-2H3. The summed E-state index contributed by atoms with van der Waals surface area (Å²) < 4.78 is 25.0. The lowest BCUT2D eigenvalue weighted by molar-refractivity contribution is -0.118. The van der Waals surface area contributed by atoms with Gasteiger partial charge in [0.05, 0.1) is 7.11 Å². The maximum absolute atomic E-state index is 12.6. The number of ether oxygens (including phenoxy) is 2. The van der Waals surface area contributed by atoms with Gasteiger partial charge in [0.2, 0.25) is 5.88 Å². The summed E-state index contributed by atoms with van der Waals surface area (Å²) in [6.07, 6.45) is 2.10. The highest BCUT2D eigenvalue weighted by Crippen LogP contribution is 2.36. The maximum Gasteiger partial charge on any atom is 0.231 e. The molecule has 0 aromatic carbocycles. The smallest absolute Gasteiger partial charge is 0.231 e. The van der Waals surface area contributed by atoms with Crippen LogP contribution < -0.4 is 4.74 Å². The van der Waals surface area contributed by atoms with Gasteiger partial charge in [-0.05, 0) is 18.6 Å². The van der Waals surface area contributed by atoms with Gasteiger partial charge in [0, 0.05) is 25.7 Å². The Kier molecular flexibility index (Phi) is 3.35. The van der Waals surface area contributed by atoms with Gasteiger partial charge in [0.1, 0.15) is 28.1 Å². The van der Waals surface area contributed by atoms with Gasteiger partial charge < -0.3 is 9.47 Å². The maximum atomic E-state index is 12.6. The van der Waals surface area contributed by atoms with E-state index in [4.69, 9.17) is 9.47 Å². The molecule has 2 saturated heterocycles. The van der Waals surface area contributed by atoms with Gasteiger partial charge in [0.25, 0.3) is 0 Å². The van der Waals surface area contributed by atoms with Gasteiger partial charge in [-0.2, -0.15) is 0 Å². The van der Waals surface area contributed by atoms with Crippen molar-refractivity contribution in [3.63, 3.8) is 0 Å². The molecule has 1 unspecified atom stereocenters. The number of nitrogens with zero attached hydrogens (tertiary/aromatic N) is 2. The third-order valence-electron chi connectivity index (χ3n) is 3.56. The monoisotopic (exact) mass is 296 g/mol. The molecule has 7 heteroatoms. The van der Waals surface area contributed by atoms with Gasteiger partial charge in [-0.3, -0.25) is 4.79 Å². The second kappa shape index (κ2) is 4.91. The van der Waals surface area contributed by atoms with Crippen LogP contribution in [-0.2, 0) is 20.5 Å². The number of rotatable bonds is 3. The number of hydrogen-bond acceptors (Lipinski definition) is 5. The summed E-state index contributed by atoms with van der Waals surface area (Å²) in [6.45, 7) is 3.07. The van der Waals surface area contributed by atoms with Crippen LogP contribution in [0.5, 0.6) is 5.88 Å². The number of carbonyl (C=O) groups excluding carboxylic acids is 1. The molecule has 6 nitrogen and oxygen atoms in total. The number of methoxy groups -OCH3 is 1. The quantitative estimate of drug-likeness (QED) is 0.811. The lowest BCUT2D eigenvalue weighted by Gasteiger charge is -2.45. The third-order valence-corrected chi connectivity index (χ3v) is 4.95. The van der Waals surface area contributed by atoms with Crippen LogP contribution in [-0.4, -0.2) is 51.7 Å². The molecular formula is C13H16N2O4S. The predicted octanol–water partition coefficient (Wildman–Crippen LogP) is 0.465. The Morgan fingerprint density at radius 1 is 1.50 bits per heavy atom. The van der Waals surface area contributed by atoms with Crippen molar-refractivity contribution in [3.05, 3.63) is 17.8 Å². The van der Waals surface area contributed by atoms with E-state index in [2.05, 4.69) is 4.98 Å². The number of pyridine rings is 1. The van der Waals surface area contributed by atoms with E-state index in [0.717, 1.165) is 5.56 Å². The Labute approximate surface area is 119 Å². The van der Waals surface area contributed by atoms with Gasteiger partial charge in [-0.1, -0.05) is 0 Å². The fourth-order valence-corrected chi connectivity index (χ4v) is 4.11. The minimum absolute atomic E-state index is 0.116. The van der Waals surface area contributed by atoms with Crippen LogP contribution in [0.3, 0.4) is 0 Å².